The molecule has 0 saturated heterocycles. The number of aromatic nitrogens is 2. The maximum Gasteiger partial charge on any atom is 0.277 e. The lowest BCUT2D eigenvalue weighted by Gasteiger charge is -2.19. The predicted molar refractivity (Wildman–Crippen MR) is 113 cm³/mol. The minimum atomic E-state index is 0.00689. The molecule has 0 spiro atoms. The van der Waals surface area contributed by atoms with Crippen molar-refractivity contribution in [1.82, 2.24) is 10.2 Å². The second-order valence-electron chi connectivity index (χ2n) is 7.24. The second-order valence-corrected chi connectivity index (χ2v) is 9.09. The summed E-state index contributed by atoms with van der Waals surface area (Å²) in [5, 5.41) is 8.29. The van der Waals surface area contributed by atoms with E-state index in [2.05, 4.69) is 59.0 Å². The minimum Gasteiger partial charge on any atom is -0.484 e. The number of nitrogens with zero attached hydrogens (tertiary/aromatic N) is 2. The fourth-order valence-electron chi connectivity index (χ4n) is 2.40. The van der Waals surface area contributed by atoms with Gasteiger partial charge >= 0.3 is 0 Å². The van der Waals surface area contributed by atoms with Gasteiger partial charge in [0, 0.05) is 10.0 Å². The molecule has 0 aliphatic carbocycles. The highest BCUT2D eigenvalue weighted by molar-refractivity contribution is 9.10. The number of benzene rings is 2. The van der Waals surface area contributed by atoms with Crippen LogP contribution in [-0.2, 0) is 12.0 Å². The van der Waals surface area contributed by atoms with E-state index in [1.165, 1.54) is 17.3 Å². The van der Waals surface area contributed by atoms with E-state index in [4.69, 9.17) is 9.15 Å². The molecule has 0 N–H and O–H groups in total. The number of halogens is 1. The summed E-state index contributed by atoms with van der Waals surface area (Å²) in [5.41, 5.74) is 1.99. The van der Waals surface area contributed by atoms with Crippen LogP contribution < -0.4 is 4.74 Å². The van der Waals surface area contributed by atoms with E-state index < -0.39 is 0 Å². The Morgan fingerprint density at radius 1 is 1.07 bits per heavy atom. The standard InChI is InChI=1S/C21H21BrN2O3S/c1-21(2,3)15-6-10-17(11-7-15)26-12-19-23-24-20(27-19)28-13-18(25)14-4-8-16(22)9-5-14/h4-11H,12-13H2,1-3H3. The van der Waals surface area contributed by atoms with Crippen LogP contribution in [0.5, 0.6) is 5.75 Å². The summed E-state index contributed by atoms with van der Waals surface area (Å²) in [4.78, 5) is 12.2. The first-order valence-electron chi connectivity index (χ1n) is 8.78. The van der Waals surface area contributed by atoms with E-state index in [9.17, 15) is 4.79 Å². The van der Waals surface area contributed by atoms with Crippen molar-refractivity contribution in [2.75, 3.05) is 5.75 Å². The van der Waals surface area contributed by atoms with Crippen LogP contribution in [0.15, 0.2) is 62.6 Å². The third-order valence-electron chi connectivity index (χ3n) is 4.02. The molecule has 3 aromatic rings. The zero-order valence-corrected chi connectivity index (χ0v) is 18.3. The Labute approximate surface area is 177 Å². The lowest BCUT2D eigenvalue weighted by molar-refractivity contribution is 0.102. The molecule has 2 aromatic carbocycles. The van der Waals surface area contributed by atoms with E-state index in [1.54, 1.807) is 12.1 Å². The Balaban J connectivity index is 1.50. The van der Waals surface area contributed by atoms with Crippen molar-refractivity contribution < 1.29 is 13.9 Å². The normalized spacial score (nSPS) is 11.4. The molecule has 28 heavy (non-hydrogen) atoms. The zero-order chi connectivity index (χ0) is 20.1. The Hall–Kier alpha value is -2.12. The maximum absolute atomic E-state index is 12.2. The average molecular weight is 461 g/mol. The lowest BCUT2D eigenvalue weighted by atomic mass is 9.87. The molecule has 1 aromatic heterocycles. The minimum absolute atomic E-state index is 0.00689. The third kappa shape index (κ3) is 5.69. The molecule has 0 bridgehead atoms. The largest absolute Gasteiger partial charge is 0.484 e. The summed E-state index contributed by atoms with van der Waals surface area (Å²) in [7, 11) is 0. The van der Waals surface area contributed by atoms with Gasteiger partial charge in [0.1, 0.15) is 5.75 Å². The molecule has 0 radical (unpaired) electrons. The quantitative estimate of drug-likeness (QED) is 0.333. The van der Waals surface area contributed by atoms with Gasteiger partial charge < -0.3 is 9.15 Å². The average Bonchev–Trinajstić information content (AvgIpc) is 3.12. The Morgan fingerprint density at radius 3 is 2.39 bits per heavy atom. The summed E-state index contributed by atoms with van der Waals surface area (Å²) in [6.07, 6.45) is 0. The highest BCUT2D eigenvalue weighted by atomic mass is 79.9. The lowest BCUT2D eigenvalue weighted by Crippen LogP contribution is -2.10. The van der Waals surface area contributed by atoms with Crippen LogP contribution in [0.4, 0.5) is 0 Å². The molecule has 0 unspecified atom stereocenters. The van der Waals surface area contributed by atoms with Gasteiger partial charge in [-0.1, -0.05) is 72.7 Å². The van der Waals surface area contributed by atoms with E-state index in [-0.39, 0.29) is 23.6 Å². The summed E-state index contributed by atoms with van der Waals surface area (Å²) in [6.45, 7) is 6.69. The molecule has 5 nitrogen and oxygen atoms in total. The Bertz CT molecular complexity index is 932. The van der Waals surface area contributed by atoms with Crippen LogP contribution >= 0.6 is 27.7 Å². The van der Waals surface area contributed by atoms with Gasteiger partial charge in [-0.25, -0.2) is 0 Å². The highest BCUT2D eigenvalue weighted by Crippen LogP contribution is 2.25. The number of carbonyl (C=O) groups excluding carboxylic acids is 1. The number of hydrogen-bond donors (Lipinski definition) is 0. The van der Waals surface area contributed by atoms with Crippen molar-refractivity contribution in [2.45, 2.75) is 38.0 Å². The molecule has 146 valence electrons. The zero-order valence-electron chi connectivity index (χ0n) is 15.9. The van der Waals surface area contributed by atoms with Crippen molar-refractivity contribution in [3.05, 3.63) is 70.0 Å². The van der Waals surface area contributed by atoms with E-state index in [0.29, 0.717) is 16.7 Å². The number of thioether (sulfide) groups is 1. The van der Waals surface area contributed by atoms with Gasteiger partial charge in [-0.3, -0.25) is 4.79 Å². The smallest absolute Gasteiger partial charge is 0.277 e. The van der Waals surface area contributed by atoms with Gasteiger partial charge in [0.05, 0.1) is 5.75 Å². The molecule has 0 atom stereocenters. The van der Waals surface area contributed by atoms with E-state index in [1.807, 2.05) is 24.3 Å². The molecular weight excluding hydrogens is 440 g/mol. The van der Waals surface area contributed by atoms with Crippen LogP contribution in [0, 0.1) is 0 Å². The van der Waals surface area contributed by atoms with Gasteiger partial charge in [0.25, 0.3) is 11.1 Å². The van der Waals surface area contributed by atoms with Crippen molar-refractivity contribution in [1.29, 1.82) is 0 Å². The fourth-order valence-corrected chi connectivity index (χ4v) is 3.34. The van der Waals surface area contributed by atoms with Crippen LogP contribution in [0.3, 0.4) is 0 Å². The maximum atomic E-state index is 12.2. The second kappa shape index (κ2) is 8.92. The SMILES string of the molecule is CC(C)(C)c1ccc(OCc2nnc(SCC(=O)c3ccc(Br)cc3)o2)cc1. The predicted octanol–water partition coefficient (Wildman–Crippen LogP) is 5.68. The molecule has 3 rings (SSSR count). The van der Waals surface area contributed by atoms with Crippen molar-refractivity contribution in [2.24, 2.45) is 0 Å². The molecule has 0 amide bonds. The van der Waals surface area contributed by atoms with Gasteiger partial charge in [-0.2, -0.15) is 0 Å². The summed E-state index contributed by atoms with van der Waals surface area (Å²) >= 11 is 4.57. The monoisotopic (exact) mass is 460 g/mol. The van der Waals surface area contributed by atoms with Crippen molar-refractivity contribution in [3.8, 4) is 5.75 Å². The highest BCUT2D eigenvalue weighted by Gasteiger charge is 2.14. The number of ketones is 1. The van der Waals surface area contributed by atoms with Gasteiger partial charge in [-0.15, -0.1) is 10.2 Å². The summed E-state index contributed by atoms with van der Waals surface area (Å²) < 4.78 is 12.2. The first kappa shape index (κ1) is 20.6. The molecule has 7 heteroatoms. The van der Waals surface area contributed by atoms with E-state index >= 15 is 0 Å². The number of rotatable bonds is 7. The topological polar surface area (TPSA) is 65.2 Å². The van der Waals surface area contributed by atoms with Gasteiger partial charge in [-0.05, 0) is 35.2 Å². The Morgan fingerprint density at radius 2 is 1.75 bits per heavy atom. The van der Waals surface area contributed by atoms with Gasteiger partial charge in [0.15, 0.2) is 12.4 Å². The number of carbonyl (C=O) groups is 1. The van der Waals surface area contributed by atoms with Crippen LogP contribution in [0.25, 0.3) is 0 Å². The van der Waals surface area contributed by atoms with Gasteiger partial charge in [0.2, 0.25) is 0 Å². The number of ether oxygens (including phenoxy) is 1. The van der Waals surface area contributed by atoms with Crippen molar-refractivity contribution >= 4 is 33.5 Å². The number of Topliss-reactive ketones (excluding diaryl/α,β-unsaturated/α-hetero) is 1. The molecular formula is C21H21BrN2O3S. The molecule has 0 aliphatic heterocycles. The van der Waals surface area contributed by atoms with E-state index in [0.717, 1.165) is 10.2 Å². The number of hydrogen-bond acceptors (Lipinski definition) is 6. The van der Waals surface area contributed by atoms with Crippen LogP contribution in [0.1, 0.15) is 42.6 Å². The Kier molecular flexibility index (Phi) is 6.57. The first-order chi connectivity index (χ1) is 13.3. The summed E-state index contributed by atoms with van der Waals surface area (Å²) in [5.74, 6) is 1.36. The molecule has 0 aliphatic rings. The molecule has 0 fully saturated rings. The first-order valence-corrected chi connectivity index (χ1v) is 10.6. The molecule has 1 heterocycles. The van der Waals surface area contributed by atoms with Crippen LogP contribution in [-0.4, -0.2) is 21.7 Å². The fraction of sp³-hybridized carbons (Fsp3) is 0.286. The summed E-state index contributed by atoms with van der Waals surface area (Å²) in [6, 6.07) is 15.2. The van der Waals surface area contributed by atoms with Crippen molar-refractivity contribution in [3.63, 3.8) is 0 Å². The van der Waals surface area contributed by atoms with Crippen LogP contribution in [0.2, 0.25) is 0 Å². The third-order valence-corrected chi connectivity index (χ3v) is 5.37. The molecule has 0 saturated carbocycles.